The summed E-state index contributed by atoms with van der Waals surface area (Å²) in [6.45, 7) is 7.36. The van der Waals surface area contributed by atoms with Gasteiger partial charge in [0.2, 0.25) is 5.95 Å². The third-order valence-corrected chi connectivity index (χ3v) is 7.58. The summed E-state index contributed by atoms with van der Waals surface area (Å²) in [4.78, 5) is 16.7. The van der Waals surface area contributed by atoms with Crippen molar-refractivity contribution in [2.45, 2.75) is 39.3 Å². The average molecular weight is 508 g/mol. The highest BCUT2D eigenvalue weighted by Gasteiger charge is 2.20. The van der Waals surface area contributed by atoms with Crippen LogP contribution < -0.4 is 5.32 Å². The van der Waals surface area contributed by atoms with Crippen molar-refractivity contribution < 1.29 is 0 Å². The first-order valence-electron chi connectivity index (χ1n) is 12.9. The Kier molecular flexibility index (Phi) is 6.49. The van der Waals surface area contributed by atoms with E-state index in [1.807, 2.05) is 30.5 Å². The molecule has 0 aliphatic carbocycles. The van der Waals surface area contributed by atoms with Crippen LogP contribution in [-0.2, 0) is 6.54 Å². The molecule has 6 heteroatoms. The number of hydrogen-bond acceptors (Lipinski definition) is 5. The predicted octanol–water partition coefficient (Wildman–Crippen LogP) is 7.19. The minimum atomic E-state index is 0.387. The maximum Gasteiger partial charge on any atom is 0.223 e. The third kappa shape index (κ3) is 5.15. The first-order valence-corrected chi connectivity index (χ1v) is 13.3. The van der Waals surface area contributed by atoms with Crippen molar-refractivity contribution in [1.29, 1.82) is 0 Å². The number of piperidine rings is 1. The Bertz CT molecular complexity index is 1570. The number of nitrogens with one attached hydrogen (secondary N) is 1. The maximum atomic E-state index is 6.29. The van der Waals surface area contributed by atoms with Crippen LogP contribution in [-0.4, -0.2) is 39.0 Å². The summed E-state index contributed by atoms with van der Waals surface area (Å²) in [6, 6.07) is 23.5. The second kappa shape index (κ2) is 10.1. The first-order chi connectivity index (χ1) is 18.0. The quantitative estimate of drug-likeness (QED) is 0.273. The van der Waals surface area contributed by atoms with Crippen LogP contribution in [0.1, 0.15) is 29.7 Å². The van der Waals surface area contributed by atoms with Crippen LogP contribution in [0.3, 0.4) is 0 Å². The minimum Gasteiger partial charge on any atom is -0.351 e. The van der Waals surface area contributed by atoms with E-state index in [0.29, 0.717) is 11.1 Å². The lowest BCUT2D eigenvalue weighted by Gasteiger charge is -2.32. The van der Waals surface area contributed by atoms with Gasteiger partial charge >= 0.3 is 0 Å². The summed E-state index contributed by atoms with van der Waals surface area (Å²) in [5.41, 5.74) is 7.76. The summed E-state index contributed by atoms with van der Waals surface area (Å²) in [5, 5.41) is 6.42. The van der Waals surface area contributed by atoms with Crippen LogP contribution in [0, 0.1) is 13.8 Å². The standard InChI is InChI=1S/C31H30ClN5/c1-20-3-5-22(6-4-20)19-37-15-12-25(13-16-37)35-31-34-21(2)27-17-23(7-9-30(27)36-31)26-11-14-33-29-10-8-24(32)18-28(26)29/h3-11,14,17-18,25H,12-13,15-16,19H2,1-2H3,(H,34,35,36). The largest absolute Gasteiger partial charge is 0.351 e. The molecule has 1 aliphatic heterocycles. The Morgan fingerprint density at radius 1 is 0.865 bits per heavy atom. The van der Waals surface area contributed by atoms with Gasteiger partial charge in [-0.1, -0.05) is 47.5 Å². The van der Waals surface area contributed by atoms with Crippen LogP contribution in [0.5, 0.6) is 0 Å². The molecule has 1 saturated heterocycles. The fourth-order valence-corrected chi connectivity index (χ4v) is 5.43. The number of aryl methyl sites for hydroxylation is 2. The van der Waals surface area contributed by atoms with E-state index in [2.05, 4.69) is 71.5 Å². The molecule has 5 nitrogen and oxygen atoms in total. The Morgan fingerprint density at radius 3 is 2.46 bits per heavy atom. The molecule has 0 atom stereocenters. The molecule has 0 unspecified atom stereocenters. The summed E-state index contributed by atoms with van der Waals surface area (Å²) in [6.07, 6.45) is 4.02. The van der Waals surface area contributed by atoms with Gasteiger partial charge in [0.1, 0.15) is 0 Å². The Hall–Kier alpha value is -3.54. The number of hydrogen-bond donors (Lipinski definition) is 1. The zero-order valence-corrected chi connectivity index (χ0v) is 22.0. The second-order valence-corrected chi connectivity index (χ2v) is 10.5. The van der Waals surface area contributed by atoms with E-state index in [-0.39, 0.29) is 0 Å². The van der Waals surface area contributed by atoms with Crippen molar-refractivity contribution in [2.75, 3.05) is 18.4 Å². The lowest BCUT2D eigenvalue weighted by molar-refractivity contribution is 0.211. The minimum absolute atomic E-state index is 0.387. The molecule has 0 bridgehead atoms. The van der Waals surface area contributed by atoms with Crippen LogP contribution in [0.15, 0.2) is 72.9 Å². The van der Waals surface area contributed by atoms with Crippen molar-refractivity contribution in [3.63, 3.8) is 0 Å². The van der Waals surface area contributed by atoms with Crippen molar-refractivity contribution >= 4 is 39.4 Å². The van der Waals surface area contributed by atoms with Crippen molar-refractivity contribution in [2.24, 2.45) is 0 Å². The van der Waals surface area contributed by atoms with E-state index in [0.717, 1.165) is 77.1 Å². The molecule has 1 fully saturated rings. The molecule has 0 radical (unpaired) electrons. The van der Waals surface area contributed by atoms with Gasteiger partial charge in [-0.05, 0) is 79.8 Å². The summed E-state index contributed by atoms with van der Waals surface area (Å²) in [5.74, 6) is 0.718. The lowest BCUT2D eigenvalue weighted by Crippen LogP contribution is -2.39. The normalized spacial score (nSPS) is 14.9. The van der Waals surface area contributed by atoms with Gasteiger partial charge in [-0.15, -0.1) is 0 Å². The number of anilines is 1. The monoisotopic (exact) mass is 507 g/mol. The Balaban J connectivity index is 1.17. The molecule has 0 spiro atoms. The van der Waals surface area contributed by atoms with E-state index >= 15 is 0 Å². The number of fused-ring (bicyclic) bond motifs is 2. The maximum absolute atomic E-state index is 6.29. The number of rotatable bonds is 5. The molecule has 5 aromatic rings. The topological polar surface area (TPSA) is 53.9 Å². The number of likely N-dealkylation sites (tertiary alicyclic amines) is 1. The summed E-state index contributed by atoms with van der Waals surface area (Å²) >= 11 is 6.29. The molecule has 37 heavy (non-hydrogen) atoms. The van der Waals surface area contributed by atoms with E-state index in [1.165, 1.54) is 11.1 Å². The molecule has 3 heterocycles. The van der Waals surface area contributed by atoms with Crippen molar-refractivity contribution in [1.82, 2.24) is 19.9 Å². The Morgan fingerprint density at radius 2 is 1.65 bits per heavy atom. The number of pyridine rings is 1. The molecule has 2 aromatic heterocycles. The number of aromatic nitrogens is 3. The second-order valence-electron chi connectivity index (χ2n) is 10.1. The molecule has 6 rings (SSSR count). The highest BCUT2D eigenvalue weighted by Crippen LogP contribution is 2.32. The fraction of sp³-hybridized carbons (Fsp3) is 0.258. The van der Waals surface area contributed by atoms with Crippen LogP contribution in [0.25, 0.3) is 32.9 Å². The van der Waals surface area contributed by atoms with Gasteiger partial charge in [-0.2, -0.15) is 0 Å². The van der Waals surface area contributed by atoms with Crippen LogP contribution >= 0.6 is 11.6 Å². The van der Waals surface area contributed by atoms with E-state index in [1.54, 1.807) is 0 Å². The predicted molar refractivity (Wildman–Crippen MR) is 153 cm³/mol. The molecule has 3 aromatic carbocycles. The number of benzene rings is 3. The SMILES string of the molecule is Cc1ccc(CN2CCC(Nc3nc(C)c4cc(-c5ccnc6ccc(Cl)cc56)ccc4n3)CC2)cc1. The van der Waals surface area contributed by atoms with Crippen LogP contribution in [0.4, 0.5) is 5.95 Å². The van der Waals surface area contributed by atoms with E-state index < -0.39 is 0 Å². The van der Waals surface area contributed by atoms with Gasteiger partial charge in [0.05, 0.1) is 16.7 Å². The van der Waals surface area contributed by atoms with Crippen molar-refractivity contribution in [3.8, 4) is 11.1 Å². The highest BCUT2D eigenvalue weighted by atomic mass is 35.5. The van der Waals surface area contributed by atoms with E-state index in [4.69, 9.17) is 21.6 Å². The third-order valence-electron chi connectivity index (χ3n) is 7.35. The molecule has 1 N–H and O–H groups in total. The molecule has 0 amide bonds. The summed E-state index contributed by atoms with van der Waals surface area (Å²) in [7, 11) is 0. The Labute approximate surface area is 222 Å². The van der Waals surface area contributed by atoms with Crippen LogP contribution in [0.2, 0.25) is 5.02 Å². The van der Waals surface area contributed by atoms with Gasteiger partial charge < -0.3 is 5.32 Å². The molecule has 186 valence electrons. The van der Waals surface area contributed by atoms with Crippen molar-refractivity contribution in [3.05, 3.63) is 94.8 Å². The lowest BCUT2D eigenvalue weighted by atomic mass is 9.99. The molecule has 0 saturated carbocycles. The zero-order valence-electron chi connectivity index (χ0n) is 21.2. The summed E-state index contributed by atoms with van der Waals surface area (Å²) < 4.78 is 0. The van der Waals surface area contributed by atoms with Gasteiger partial charge in [0, 0.05) is 47.7 Å². The molecule has 1 aliphatic rings. The van der Waals surface area contributed by atoms with Gasteiger partial charge in [-0.3, -0.25) is 9.88 Å². The van der Waals surface area contributed by atoms with Gasteiger partial charge in [-0.25, -0.2) is 9.97 Å². The molecular weight excluding hydrogens is 478 g/mol. The zero-order chi connectivity index (χ0) is 25.4. The molecular formula is C31H30ClN5. The fourth-order valence-electron chi connectivity index (χ4n) is 5.25. The smallest absolute Gasteiger partial charge is 0.223 e. The van der Waals surface area contributed by atoms with Gasteiger partial charge in [0.15, 0.2) is 0 Å². The van der Waals surface area contributed by atoms with Gasteiger partial charge in [0.25, 0.3) is 0 Å². The number of nitrogens with zero attached hydrogens (tertiary/aromatic N) is 4. The number of halogens is 1. The van der Waals surface area contributed by atoms with E-state index in [9.17, 15) is 0 Å². The highest BCUT2D eigenvalue weighted by molar-refractivity contribution is 6.31. The first kappa shape index (κ1) is 23.8. The average Bonchev–Trinajstić information content (AvgIpc) is 2.91.